The monoisotopic (exact) mass is 378 g/mol. The van der Waals surface area contributed by atoms with Crippen molar-refractivity contribution in [3.05, 3.63) is 56.2 Å². The van der Waals surface area contributed by atoms with Crippen LogP contribution >= 0.6 is 39.1 Å². The van der Waals surface area contributed by atoms with E-state index in [0.717, 1.165) is 0 Å². The van der Waals surface area contributed by atoms with Gasteiger partial charge in [0.1, 0.15) is 10.8 Å². The van der Waals surface area contributed by atoms with E-state index in [-0.39, 0.29) is 31.6 Å². The van der Waals surface area contributed by atoms with Gasteiger partial charge in [0.25, 0.3) is 0 Å². The summed E-state index contributed by atoms with van der Waals surface area (Å²) in [6, 6.07) is 7.12. The molecule has 0 atom stereocenters. The van der Waals surface area contributed by atoms with Gasteiger partial charge in [-0.1, -0.05) is 29.3 Å². The van der Waals surface area contributed by atoms with Crippen molar-refractivity contribution in [2.75, 3.05) is 0 Å². The van der Waals surface area contributed by atoms with Gasteiger partial charge >= 0.3 is 5.97 Å². The smallest absolute Gasteiger partial charge is 0.336 e. The summed E-state index contributed by atoms with van der Waals surface area (Å²) in [6.45, 7) is 0. The lowest BCUT2D eigenvalue weighted by Gasteiger charge is -2.11. The van der Waals surface area contributed by atoms with Crippen LogP contribution in [0.15, 0.2) is 34.8 Å². The number of hydrogen-bond donors (Lipinski definition) is 1. The van der Waals surface area contributed by atoms with Crippen LogP contribution in [0.3, 0.4) is 0 Å². The Labute approximate surface area is 132 Å². The van der Waals surface area contributed by atoms with Crippen LogP contribution < -0.4 is 4.74 Å². The lowest BCUT2D eigenvalue weighted by Crippen LogP contribution is -2.00. The number of hydrogen-bond acceptors (Lipinski definition) is 2. The Bertz CT molecular complexity index is 692. The van der Waals surface area contributed by atoms with Crippen LogP contribution in [0, 0.1) is 5.82 Å². The van der Waals surface area contributed by atoms with Crippen molar-refractivity contribution in [3.63, 3.8) is 0 Å². The first-order valence-electron chi connectivity index (χ1n) is 5.25. The summed E-state index contributed by atoms with van der Waals surface area (Å²) in [5.41, 5.74) is -0.202. The van der Waals surface area contributed by atoms with E-state index in [1.807, 2.05) is 0 Å². The second-order valence-electron chi connectivity index (χ2n) is 3.70. The SMILES string of the molecule is O=C(O)c1ccc(Oc2cccc(Cl)c2Cl)c(F)c1Br. The van der Waals surface area contributed by atoms with E-state index in [0.29, 0.717) is 0 Å². The molecule has 0 aliphatic carbocycles. The van der Waals surface area contributed by atoms with Crippen LogP contribution in [0.5, 0.6) is 11.5 Å². The number of carbonyl (C=O) groups is 1. The largest absolute Gasteiger partial charge is 0.478 e. The predicted octanol–water partition coefficient (Wildman–Crippen LogP) is 5.39. The first-order chi connectivity index (χ1) is 9.41. The third kappa shape index (κ3) is 2.90. The maximum atomic E-state index is 14.0. The average molecular weight is 380 g/mol. The van der Waals surface area contributed by atoms with Gasteiger partial charge < -0.3 is 9.84 Å². The molecule has 0 amide bonds. The Kier molecular flexibility index (Phi) is 4.52. The Morgan fingerprint density at radius 2 is 1.90 bits per heavy atom. The molecule has 104 valence electrons. The summed E-state index contributed by atoms with van der Waals surface area (Å²) < 4.78 is 19.2. The van der Waals surface area contributed by atoms with Gasteiger partial charge in [0.05, 0.1) is 15.1 Å². The molecule has 2 aromatic rings. The van der Waals surface area contributed by atoms with E-state index in [1.165, 1.54) is 18.2 Å². The highest BCUT2D eigenvalue weighted by Gasteiger charge is 2.18. The average Bonchev–Trinajstić information content (AvgIpc) is 2.40. The van der Waals surface area contributed by atoms with Gasteiger partial charge in [-0.2, -0.15) is 0 Å². The Hall–Kier alpha value is -1.30. The van der Waals surface area contributed by atoms with E-state index in [2.05, 4.69) is 15.9 Å². The van der Waals surface area contributed by atoms with Crippen molar-refractivity contribution >= 4 is 45.1 Å². The number of ether oxygens (including phenoxy) is 1. The maximum absolute atomic E-state index is 14.0. The summed E-state index contributed by atoms with van der Waals surface area (Å²) in [4.78, 5) is 10.9. The van der Waals surface area contributed by atoms with Crippen LogP contribution in [0.2, 0.25) is 10.0 Å². The standard InChI is InChI=1S/C13H6BrCl2FO3/c14-10-6(13(18)19)4-5-9(12(10)17)20-8-3-1-2-7(15)11(8)16/h1-5H,(H,18,19). The molecule has 0 heterocycles. The second-order valence-corrected chi connectivity index (χ2v) is 5.28. The van der Waals surface area contributed by atoms with Crippen LogP contribution in [-0.4, -0.2) is 11.1 Å². The van der Waals surface area contributed by atoms with E-state index >= 15 is 0 Å². The minimum Gasteiger partial charge on any atom is -0.478 e. The predicted molar refractivity (Wildman–Crippen MR) is 77.6 cm³/mol. The number of halogens is 4. The lowest BCUT2D eigenvalue weighted by molar-refractivity contribution is 0.0695. The Balaban J connectivity index is 2.42. The molecule has 0 fully saturated rings. The zero-order valence-corrected chi connectivity index (χ0v) is 12.8. The number of carboxylic acid groups (broad SMARTS) is 1. The van der Waals surface area contributed by atoms with Gasteiger partial charge in [-0.25, -0.2) is 9.18 Å². The van der Waals surface area contributed by atoms with Gasteiger partial charge in [0.15, 0.2) is 11.6 Å². The zero-order chi connectivity index (χ0) is 14.9. The Morgan fingerprint density at radius 3 is 2.55 bits per heavy atom. The maximum Gasteiger partial charge on any atom is 0.336 e. The molecular formula is C13H6BrCl2FO3. The lowest BCUT2D eigenvalue weighted by atomic mass is 10.2. The number of aromatic carboxylic acids is 1. The van der Waals surface area contributed by atoms with Crippen molar-refractivity contribution in [2.24, 2.45) is 0 Å². The van der Waals surface area contributed by atoms with Gasteiger partial charge in [-0.05, 0) is 40.2 Å². The van der Waals surface area contributed by atoms with Gasteiger partial charge in [0, 0.05) is 0 Å². The summed E-state index contributed by atoms with van der Waals surface area (Å²) in [5, 5.41) is 9.29. The summed E-state index contributed by atoms with van der Waals surface area (Å²) in [7, 11) is 0. The summed E-state index contributed by atoms with van der Waals surface area (Å²) in [5.74, 6) is -2.07. The van der Waals surface area contributed by atoms with Gasteiger partial charge in [-0.3, -0.25) is 0 Å². The molecule has 2 aromatic carbocycles. The molecule has 0 saturated carbocycles. The molecule has 0 radical (unpaired) electrons. The fourth-order valence-electron chi connectivity index (χ4n) is 1.46. The molecular weight excluding hydrogens is 374 g/mol. The van der Waals surface area contributed by atoms with Crippen LogP contribution in [-0.2, 0) is 0 Å². The van der Waals surface area contributed by atoms with Crippen molar-refractivity contribution in [1.29, 1.82) is 0 Å². The zero-order valence-electron chi connectivity index (χ0n) is 9.66. The van der Waals surface area contributed by atoms with E-state index in [4.69, 9.17) is 33.0 Å². The molecule has 0 aliphatic heterocycles. The first kappa shape index (κ1) is 15.1. The second kappa shape index (κ2) is 5.99. The number of carboxylic acids is 1. The van der Waals surface area contributed by atoms with E-state index in [9.17, 15) is 9.18 Å². The molecule has 20 heavy (non-hydrogen) atoms. The van der Waals surface area contributed by atoms with Crippen LogP contribution in [0.1, 0.15) is 10.4 Å². The van der Waals surface area contributed by atoms with Crippen molar-refractivity contribution < 1.29 is 19.0 Å². The summed E-state index contributed by atoms with van der Waals surface area (Å²) >= 11 is 14.6. The van der Waals surface area contributed by atoms with Gasteiger partial charge in [-0.15, -0.1) is 0 Å². The minimum atomic E-state index is -1.25. The normalized spacial score (nSPS) is 10.4. The molecule has 0 unspecified atom stereocenters. The molecule has 0 aliphatic rings. The first-order valence-corrected chi connectivity index (χ1v) is 6.80. The highest BCUT2D eigenvalue weighted by atomic mass is 79.9. The van der Waals surface area contributed by atoms with E-state index < -0.39 is 11.8 Å². The fourth-order valence-corrected chi connectivity index (χ4v) is 2.28. The van der Waals surface area contributed by atoms with Crippen molar-refractivity contribution in [3.8, 4) is 11.5 Å². The molecule has 0 aromatic heterocycles. The topological polar surface area (TPSA) is 46.5 Å². The number of rotatable bonds is 3. The molecule has 1 N–H and O–H groups in total. The molecule has 0 saturated heterocycles. The molecule has 0 spiro atoms. The fraction of sp³-hybridized carbons (Fsp3) is 0. The van der Waals surface area contributed by atoms with Crippen LogP contribution in [0.4, 0.5) is 4.39 Å². The molecule has 7 heteroatoms. The molecule has 2 rings (SSSR count). The molecule has 0 bridgehead atoms. The third-order valence-electron chi connectivity index (χ3n) is 2.41. The van der Waals surface area contributed by atoms with Crippen molar-refractivity contribution in [2.45, 2.75) is 0 Å². The quantitative estimate of drug-likeness (QED) is 0.778. The minimum absolute atomic E-state index is 0.145. The number of benzene rings is 2. The van der Waals surface area contributed by atoms with Crippen molar-refractivity contribution in [1.82, 2.24) is 0 Å². The van der Waals surface area contributed by atoms with Crippen LogP contribution in [0.25, 0.3) is 0 Å². The summed E-state index contributed by atoms with van der Waals surface area (Å²) in [6.07, 6.45) is 0. The highest BCUT2D eigenvalue weighted by molar-refractivity contribution is 9.10. The molecule has 3 nitrogen and oxygen atoms in total. The third-order valence-corrected chi connectivity index (χ3v) is 3.99. The van der Waals surface area contributed by atoms with Gasteiger partial charge in [0.2, 0.25) is 0 Å². The Morgan fingerprint density at radius 1 is 1.20 bits per heavy atom. The highest BCUT2D eigenvalue weighted by Crippen LogP contribution is 2.37. The van der Waals surface area contributed by atoms with E-state index in [1.54, 1.807) is 12.1 Å².